The third-order valence-corrected chi connectivity index (χ3v) is 4.04. The van der Waals surface area contributed by atoms with Crippen LogP contribution in [0, 0.1) is 21.7 Å². The van der Waals surface area contributed by atoms with Crippen molar-refractivity contribution < 1.29 is 13.7 Å². The van der Waals surface area contributed by atoms with E-state index in [0.717, 1.165) is 6.07 Å². The molecule has 0 amide bonds. The Balaban J connectivity index is 3.39. The van der Waals surface area contributed by atoms with Crippen LogP contribution in [0.3, 0.4) is 0 Å². The predicted octanol–water partition coefficient (Wildman–Crippen LogP) is 2.42. The number of halogens is 2. The number of rotatable bonds is 2. The van der Waals surface area contributed by atoms with Gasteiger partial charge in [-0.15, -0.1) is 0 Å². The summed E-state index contributed by atoms with van der Waals surface area (Å²) in [6.45, 7) is 5.53. The standard InChI is InChI=1S/C9H11F2NO2Si/c1-15(2,3)9-5-6(10)8(12(13)14)4-7(9)11/h4-5H,1-3H3. The van der Waals surface area contributed by atoms with Gasteiger partial charge in [0.15, 0.2) is 0 Å². The van der Waals surface area contributed by atoms with Crippen molar-refractivity contribution in [2.45, 2.75) is 19.6 Å². The van der Waals surface area contributed by atoms with Crippen LogP contribution in [0.2, 0.25) is 19.6 Å². The molecule has 0 heterocycles. The molecule has 0 N–H and O–H groups in total. The van der Waals surface area contributed by atoms with Crippen LogP contribution in [0.15, 0.2) is 12.1 Å². The van der Waals surface area contributed by atoms with Crippen molar-refractivity contribution in [1.82, 2.24) is 0 Å². The molecule has 82 valence electrons. The topological polar surface area (TPSA) is 43.1 Å². The summed E-state index contributed by atoms with van der Waals surface area (Å²) in [5.74, 6) is -1.67. The maximum Gasteiger partial charge on any atom is 0.307 e. The first-order valence-electron chi connectivity index (χ1n) is 4.37. The second-order valence-electron chi connectivity index (χ2n) is 4.29. The maximum absolute atomic E-state index is 13.5. The number of hydrogen-bond acceptors (Lipinski definition) is 2. The monoisotopic (exact) mass is 231 g/mol. The van der Waals surface area contributed by atoms with Crippen LogP contribution in [0.1, 0.15) is 0 Å². The second-order valence-corrected chi connectivity index (χ2v) is 9.33. The van der Waals surface area contributed by atoms with Gasteiger partial charge in [-0.05, 0) is 11.3 Å². The summed E-state index contributed by atoms with van der Waals surface area (Å²) < 4.78 is 26.7. The first-order chi connectivity index (χ1) is 6.73. The van der Waals surface area contributed by atoms with E-state index in [4.69, 9.17) is 0 Å². The van der Waals surface area contributed by atoms with Crippen molar-refractivity contribution in [3.05, 3.63) is 33.9 Å². The third-order valence-electron chi connectivity index (χ3n) is 2.04. The van der Waals surface area contributed by atoms with Gasteiger partial charge in [0, 0.05) is 0 Å². The SMILES string of the molecule is C[Si](C)(C)c1cc(F)c([N+](=O)[O-])cc1F. The molecule has 0 radical (unpaired) electrons. The van der Waals surface area contributed by atoms with Crippen LogP contribution in [0.4, 0.5) is 14.5 Å². The summed E-state index contributed by atoms with van der Waals surface area (Å²) in [5, 5.41) is 10.6. The van der Waals surface area contributed by atoms with E-state index in [-0.39, 0.29) is 5.19 Å². The summed E-state index contributed by atoms with van der Waals surface area (Å²) in [4.78, 5) is 9.42. The van der Waals surface area contributed by atoms with Gasteiger partial charge in [0.2, 0.25) is 5.82 Å². The number of nitro benzene ring substituents is 1. The lowest BCUT2D eigenvalue weighted by molar-refractivity contribution is -0.387. The number of benzene rings is 1. The van der Waals surface area contributed by atoms with Gasteiger partial charge >= 0.3 is 5.69 Å². The van der Waals surface area contributed by atoms with Crippen LogP contribution < -0.4 is 5.19 Å². The molecule has 0 saturated heterocycles. The molecule has 1 rings (SSSR count). The molecule has 0 fully saturated rings. The van der Waals surface area contributed by atoms with Crippen LogP contribution in [0.5, 0.6) is 0 Å². The summed E-state index contributed by atoms with van der Waals surface area (Å²) in [5.41, 5.74) is -0.811. The molecule has 0 saturated carbocycles. The molecule has 0 bridgehead atoms. The lowest BCUT2D eigenvalue weighted by atomic mass is 10.3. The Morgan fingerprint density at radius 1 is 1.20 bits per heavy atom. The lowest BCUT2D eigenvalue weighted by Crippen LogP contribution is -2.40. The summed E-state index contributed by atoms with van der Waals surface area (Å²) >= 11 is 0. The zero-order valence-corrected chi connectivity index (χ0v) is 9.67. The van der Waals surface area contributed by atoms with E-state index < -0.39 is 30.3 Å². The van der Waals surface area contributed by atoms with E-state index in [0.29, 0.717) is 6.07 Å². The first-order valence-corrected chi connectivity index (χ1v) is 7.87. The third kappa shape index (κ3) is 2.38. The lowest BCUT2D eigenvalue weighted by Gasteiger charge is -2.17. The molecule has 0 aliphatic carbocycles. The molecule has 1 aromatic carbocycles. The smallest absolute Gasteiger partial charge is 0.258 e. The molecule has 0 aliphatic heterocycles. The fourth-order valence-electron chi connectivity index (χ4n) is 1.25. The Morgan fingerprint density at radius 3 is 2.13 bits per heavy atom. The van der Waals surface area contributed by atoms with Crippen LogP contribution >= 0.6 is 0 Å². The summed E-state index contributed by atoms with van der Waals surface area (Å²) in [6, 6.07) is 1.60. The molecule has 0 atom stereocenters. The van der Waals surface area contributed by atoms with Gasteiger partial charge in [0.1, 0.15) is 5.82 Å². The number of hydrogen-bond donors (Lipinski definition) is 0. The fraction of sp³-hybridized carbons (Fsp3) is 0.333. The fourth-order valence-corrected chi connectivity index (χ4v) is 2.60. The molecule has 0 unspecified atom stereocenters. The van der Waals surface area contributed by atoms with Crippen molar-refractivity contribution >= 4 is 18.9 Å². The van der Waals surface area contributed by atoms with Crippen LogP contribution in [-0.2, 0) is 0 Å². The average Bonchev–Trinajstić information content (AvgIpc) is 2.06. The zero-order valence-electron chi connectivity index (χ0n) is 8.67. The van der Waals surface area contributed by atoms with Gasteiger partial charge in [-0.1, -0.05) is 19.6 Å². The highest BCUT2D eigenvalue weighted by Crippen LogP contribution is 2.18. The highest BCUT2D eigenvalue weighted by Gasteiger charge is 2.26. The van der Waals surface area contributed by atoms with Crippen LogP contribution in [-0.4, -0.2) is 13.0 Å². The van der Waals surface area contributed by atoms with E-state index in [2.05, 4.69) is 0 Å². The zero-order chi connectivity index (χ0) is 11.8. The molecule has 1 aromatic rings. The highest BCUT2D eigenvalue weighted by molar-refractivity contribution is 6.88. The number of nitrogens with zero attached hydrogens (tertiary/aromatic N) is 1. The molecular formula is C9H11F2NO2Si. The molecule has 0 aliphatic rings. The van der Waals surface area contributed by atoms with E-state index >= 15 is 0 Å². The Morgan fingerprint density at radius 2 is 1.73 bits per heavy atom. The average molecular weight is 231 g/mol. The molecule has 0 aromatic heterocycles. The Labute approximate surface area is 86.9 Å². The normalized spacial score (nSPS) is 11.5. The quantitative estimate of drug-likeness (QED) is 0.445. The largest absolute Gasteiger partial charge is 0.307 e. The molecular weight excluding hydrogens is 220 g/mol. The van der Waals surface area contributed by atoms with Crippen molar-refractivity contribution in [3.63, 3.8) is 0 Å². The van der Waals surface area contributed by atoms with Crippen molar-refractivity contribution in [1.29, 1.82) is 0 Å². The Bertz CT molecular complexity index is 415. The van der Waals surface area contributed by atoms with Gasteiger partial charge in [-0.25, -0.2) is 4.39 Å². The molecule has 6 heteroatoms. The number of nitro groups is 1. The van der Waals surface area contributed by atoms with E-state index in [1.54, 1.807) is 0 Å². The Kier molecular flexibility index (Phi) is 2.90. The van der Waals surface area contributed by atoms with Crippen LogP contribution in [0.25, 0.3) is 0 Å². The van der Waals surface area contributed by atoms with Crippen molar-refractivity contribution in [2.24, 2.45) is 0 Å². The van der Waals surface area contributed by atoms with E-state index in [1.165, 1.54) is 0 Å². The van der Waals surface area contributed by atoms with Gasteiger partial charge in [0.05, 0.1) is 19.1 Å². The summed E-state index contributed by atoms with van der Waals surface area (Å²) in [6.07, 6.45) is 0. The van der Waals surface area contributed by atoms with Crippen molar-refractivity contribution in [2.75, 3.05) is 0 Å². The first kappa shape index (κ1) is 11.8. The van der Waals surface area contributed by atoms with Gasteiger partial charge < -0.3 is 0 Å². The van der Waals surface area contributed by atoms with Gasteiger partial charge in [0.25, 0.3) is 0 Å². The minimum Gasteiger partial charge on any atom is -0.258 e. The molecule has 0 spiro atoms. The van der Waals surface area contributed by atoms with Gasteiger partial charge in [-0.2, -0.15) is 4.39 Å². The maximum atomic E-state index is 13.5. The highest BCUT2D eigenvalue weighted by atomic mass is 28.3. The minimum atomic E-state index is -2.00. The predicted molar refractivity (Wildman–Crippen MR) is 56.0 cm³/mol. The van der Waals surface area contributed by atoms with Gasteiger partial charge in [-0.3, -0.25) is 10.1 Å². The minimum absolute atomic E-state index is 0.269. The van der Waals surface area contributed by atoms with E-state index in [9.17, 15) is 18.9 Å². The molecule has 15 heavy (non-hydrogen) atoms. The second kappa shape index (κ2) is 3.69. The molecule has 3 nitrogen and oxygen atoms in total. The Hall–Kier alpha value is -1.30. The summed E-state index contributed by atoms with van der Waals surface area (Å²) in [7, 11) is -2.00. The van der Waals surface area contributed by atoms with E-state index in [1.807, 2.05) is 19.6 Å². The van der Waals surface area contributed by atoms with Crippen molar-refractivity contribution in [3.8, 4) is 0 Å².